The van der Waals surface area contributed by atoms with Crippen molar-refractivity contribution in [1.29, 1.82) is 0 Å². The number of nitrogen functional groups attached to an aromatic ring is 1. The molecule has 30 heavy (non-hydrogen) atoms. The number of aliphatic hydroxyl groups excluding tert-OH is 7. The minimum atomic E-state index is -1.70. The molecular weight excluding hydrogens is 422 g/mol. The van der Waals surface area contributed by atoms with Gasteiger partial charge < -0.3 is 55.7 Å². The predicted octanol–water partition coefficient (Wildman–Crippen LogP) is -3.01. The van der Waals surface area contributed by atoms with Crippen molar-refractivity contribution >= 4 is 17.4 Å². The fourth-order valence-corrected chi connectivity index (χ4v) is 4.39. The molecule has 2 aliphatic heterocycles. The quantitative estimate of drug-likeness (QED) is 0.205. The van der Waals surface area contributed by atoms with Gasteiger partial charge in [-0.05, 0) is 24.3 Å². The van der Waals surface area contributed by atoms with E-state index >= 15 is 0 Å². The third-order valence-electron chi connectivity index (χ3n) is 5.09. The Morgan fingerprint density at radius 3 is 2.03 bits per heavy atom. The van der Waals surface area contributed by atoms with E-state index in [1.807, 2.05) is 0 Å². The molecule has 2 saturated heterocycles. The van der Waals surface area contributed by atoms with E-state index in [2.05, 4.69) is 0 Å². The van der Waals surface area contributed by atoms with Gasteiger partial charge in [0, 0.05) is 10.6 Å². The van der Waals surface area contributed by atoms with Gasteiger partial charge in [0.25, 0.3) is 0 Å². The summed E-state index contributed by atoms with van der Waals surface area (Å²) in [5.41, 5.74) is 5.27. The van der Waals surface area contributed by atoms with Crippen molar-refractivity contribution in [3.05, 3.63) is 24.3 Å². The molecule has 12 heteroatoms. The third-order valence-corrected chi connectivity index (χ3v) is 6.26. The molecule has 1 aromatic carbocycles. The van der Waals surface area contributed by atoms with Gasteiger partial charge in [0.15, 0.2) is 6.29 Å². The summed E-state index contributed by atoms with van der Waals surface area (Å²) in [5, 5.41) is 70.0. The SMILES string of the molecule is Nc1ccc(S[C@@H]2O[C@H](CO)[C@@H](O[C@@H]3O[C@H](CO)[C@H](O)[C@H](O)[C@H]3O)[C@H](O)[C@H]2O)cc1. The monoisotopic (exact) mass is 449 g/mol. The first-order valence-corrected chi connectivity index (χ1v) is 10.3. The summed E-state index contributed by atoms with van der Waals surface area (Å²) in [6.07, 6.45) is -13.1. The molecule has 1 aromatic rings. The van der Waals surface area contributed by atoms with Crippen LogP contribution in [0.2, 0.25) is 0 Å². The van der Waals surface area contributed by atoms with Crippen LogP contribution in [0.4, 0.5) is 5.69 Å². The van der Waals surface area contributed by atoms with Crippen molar-refractivity contribution in [2.45, 2.75) is 65.5 Å². The van der Waals surface area contributed by atoms with Crippen LogP contribution in [-0.4, -0.2) is 110 Å². The number of hydrogen-bond donors (Lipinski definition) is 8. The molecular formula is C18H27NO10S. The van der Waals surface area contributed by atoms with Crippen LogP contribution in [0, 0.1) is 0 Å². The number of thioether (sulfide) groups is 1. The van der Waals surface area contributed by atoms with Crippen molar-refractivity contribution in [2.24, 2.45) is 0 Å². The zero-order chi connectivity index (χ0) is 22.0. The van der Waals surface area contributed by atoms with E-state index in [1.165, 1.54) is 0 Å². The molecule has 2 fully saturated rings. The highest BCUT2D eigenvalue weighted by molar-refractivity contribution is 7.99. The molecule has 0 bridgehead atoms. The number of aliphatic hydroxyl groups is 7. The van der Waals surface area contributed by atoms with E-state index in [1.54, 1.807) is 24.3 Å². The van der Waals surface area contributed by atoms with Gasteiger partial charge in [0.05, 0.1) is 13.2 Å². The number of hydrogen-bond acceptors (Lipinski definition) is 12. The van der Waals surface area contributed by atoms with E-state index in [0.29, 0.717) is 10.6 Å². The first kappa shape index (κ1) is 23.6. The van der Waals surface area contributed by atoms with Crippen LogP contribution in [0.5, 0.6) is 0 Å². The molecule has 2 aliphatic rings. The molecule has 170 valence electrons. The van der Waals surface area contributed by atoms with Crippen molar-refractivity contribution in [2.75, 3.05) is 18.9 Å². The Kier molecular flexibility index (Phi) is 7.92. The molecule has 0 radical (unpaired) electrons. The minimum Gasteiger partial charge on any atom is -0.399 e. The Bertz CT molecular complexity index is 677. The number of benzene rings is 1. The summed E-state index contributed by atoms with van der Waals surface area (Å²) in [6, 6.07) is 6.77. The summed E-state index contributed by atoms with van der Waals surface area (Å²) >= 11 is 1.12. The first-order valence-electron chi connectivity index (χ1n) is 9.37. The predicted molar refractivity (Wildman–Crippen MR) is 103 cm³/mol. The van der Waals surface area contributed by atoms with Crippen molar-refractivity contribution < 1.29 is 50.0 Å². The molecule has 0 aromatic heterocycles. The van der Waals surface area contributed by atoms with Crippen LogP contribution in [0.15, 0.2) is 29.2 Å². The van der Waals surface area contributed by atoms with Crippen LogP contribution < -0.4 is 5.73 Å². The van der Waals surface area contributed by atoms with Gasteiger partial charge in [0.2, 0.25) is 0 Å². The molecule has 0 amide bonds. The van der Waals surface area contributed by atoms with Crippen molar-refractivity contribution in [3.8, 4) is 0 Å². The maximum Gasteiger partial charge on any atom is 0.187 e. The molecule has 0 unspecified atom stereocenters. The molecule has 0 saturated carbocycles. The number of ether oxygens (including phenoxy) is 3. The molecule has 0 spiro atoms. The summed E-state index contributed by atoms with van der Waals surface area (Å²) in [6.45, 7) is -1.23. The van der Waals surface area contributed by atoms with E-state index < -0.39 is 73.8 Å². The zero-order valence-corrected chi connectivity index (χ0v) is 16.7. The van der Waals surface area contributed by atoms with E-state index in [4.69, 9.17) is 19.9 Å². The Labute approximate surface area is 176 Å². The summed E-state index contributed by atoms with van der Waals surface area (Å²) < 4.78 is 16.5. The van der Waals surface area contributed by atoms with Crippen LogP contribution in [0.25, 0.3) is 0 Å². The highest BCUT2D eigenvalue weighted by Crippen LogP contribution is 2.35. The summed E-state index contributed by atoms with van der Waals surface area (Å²) in [7, 11) is 0. The molecule has 2 heterocycles. The Morgan fingerprint density at radius 2 is 1.43 bits per heavy atom. The Hall–Kier alpha value is -1.03. The van der Waals surface area contributed by atoms with Gasteiger partial charge in [-0.3, -0.25) is 0 Å². The molecule has 9 N–H and O–H groups in total. The van der Waals surface area contributed by atoms with Crippen LogP contribution in [0.1, 0.15) is 0 Å². The second-order valence-corrected chi connectivity index (χ2v) is 8.36. The largest absolute Gasteiger partial charge is 0.399 e. The van der Waals surface area contributed by atoms with Gasteiger partial charge in [0.1, 0.15) is 54.3 Å². The molecule has 10 atom stereocenters. The third kappa shape index (κ3) is 4.89. The molecule has 11 nitrogen and oxygen atoms in total. The van der Waals surface area contributed by atoms with Gasteiger partial charge in [-0.1, -0.05) is 11.8 Å². The lowest BCUT2D eigenvalue weighted by molar-refractivity contribution is -0.338. The van der Waals surface area contributed by atoms with Crippen molar-refractivity contribution in [1.82, 2.24) is 0 Å². The van der Waals surface area contributed by atoms with E-state index in [9.17, 15) is 35.7 Å². The first-order chi connectivity index (χ1) is 14.3. The fraction of sp³-hybridized carbons (Fsp3) is 0.667. The lowest BCUT2D eigenvalue weighted by atomic mass is 9.97. The van der Waals surface area contributed by atoms with Crippen LogP contribution in [0.3, 0.4) is 0 Å². The maximum atomic E-state index is 10.6. The van der Waals surface area contributed by atoms with Gasteiger partial charge in [-0.2, -0.15) is 0 Å². The highest BCUT2D eigenvalue weighted by atomic mass is 32.2. The average molecular weight is 449 g/mol. The molecule has 0 aliphatic carbocycles. The number of nitrogens with two attached hydrogens (primary N) is 1. The topological polar surface area (TPSA) is 195 Å². The lowest BCUT2D eigenvalue weighted by Gasteiger charge is -2.46. The highest BCUT2D eigenvalue weighted by Gasteiger charge is 2.50. The van der Waals surface area contributed by atoms with Gasteiger partial charge in [-0.25, -0.2) is 0 Å². The fourth-order valence-electron chi connectivity index (χ4n) is 3.33. The van der Waals surface area contributed by atoms with Crippen molar-refractivity contribution in [3.63, 3.8) is 0 Å². The second-order valence-electron chi connectivity index (χ2n) is 7.19. The molecule has 3 rings (SSSR count). The Morgan fingerprint density at radius 1 is 0.800 bits per heavy atom. The second kappa shape index (κ2) is 10.1. The smallest absolute Gasteiger partial charge is 0.187 e. The number of rotatable bonds is 6. The normalized spacial score (nSPS) is 42.2. The van der Waals surface area contributed by atoms with E-state index in [-0.39, 0.29) is 0 Å². The summed E-state index contributed by atoms with van der Waals surface area (Å²) in [5.74, 6) is 0. The van der Waals surface area contributed by atoms with Gasteiger partial charge in [-0.15, -0.1) is 0 Å². The maximum absolute atomic E-state index is 10.6. The zero-order valence-electron chi connectivity index (χ0n) is 15.8. The van der Waals surface area contributed by atoms with Crippen LogP contribution >= 0.6 is 11.8 Å². The van der Waals surface area contributed by atoms with Gasteiger partial charge >= 0.3 is 0 Å². The standard InChI is InChI=1S/C18H27NO10S/c19-7-1-3-8(4-2-7)30-18-15(26)13(24)16(10(6-21)28-18)29-17-14(25)12(23)11(22)9(5-20)27-17/h1-4,9-18,20-26H,5-6,19H2/t9-,10-,11+,12+,13-,14-,15-,16-,17+,18+/m1/s1. The Balaban J connectivity index is 1.71. The lowest BCUT2D eigenvalue weighted by Crippen LogP contribution is -2.64. The number of anilines is 1. The summed E-state index contributed by atoms with van der Waals surface area (Å²) in [4.78, 5) is 0.713. The van der Waals surface area contributed by atoms with E-state index in [0.717, 1.165) is 11.8 Å². The van der Waals surface area contributed by atoms with Crippen LogP contribution in [-0.2, 0) is 14.2 Å². The average Bonchev–Trinajstić information content (AvgIpc) is 2.74. The minimum absolute atomic E-state index is 0.561.